The van der Waals surface area contributed by atoms with E-state index in [1.54, 1.807) is 12.1 Å². The van der Waals surface area contributed by atoms with Gasteiger partial charge in [-0.25, -0.2) is 4.39 Å². The Kier molecular flexibility index (Phi) is 5.77. The summed E-state index contributed by atoms with van der Waals surface area (Å²) in [4.78, 5) is 12.8. The number of aliphatic hydroxyl groups excluding tert-OH is 1. The van der Waals surface area contributed by atoms with Crippen molar-refractivity contribution in [1.29, 1.82) is 0 Å². The van der Waals surface area contributed by atoms with Crippen LogP contribution in [0.1, 0.15) is 27.8 Å². The average Bonchev–Trinajstić information content (AvgIpc) is 3.15. The van der Waals surface area contributed by atoms with Gasteiger partial charge in [-0.05, 0) is 35.9 Å². The number of carbonyl (C=O) groups excluding carboxylic acids is 1. The van der Waals surface area contributed by atoms with Crippen molar-refractivity contribution in [3.05, 3.63) is 102 Å². The van der Waals surface area contributed by atoms with Gasteiger partial charge in [0, 0.05) is 17.5 Å². The molecule has 0 saturated carbocycles. The van der Waals surface area contributed by atoms with Crippen LogP contribution in [0.3, 0.4) is 0 Å². The van der Waals surface area contributed by atoms with Crippen LogP contribution in [0, 0.1) is 5.82 Å². The van der Waals surface area contributed by atoms with Crippen LogP contribution in [0.2, 0.25) is 0 Å². The molecule has 0 radical (unpaired) electrons. The lowest BCUT2D eigenvalue weighted by molar-refractivity contribution is 0.0887. The van der Waals surface area contributed by atoms with Crippen molar-refractivity contribution in [2.75, 3.05) is 6.54 Å². The molecule has 6 heteroatoms. The van der Waals surface area contributed by atoms with Gasteiger partial charge in [0.2, 0.25) is 0 Å². The smallest absolute Gasteiger partial charge is 0.287 e. The van der Waals surface area contributed by atoms with Crippen molar-refractivity contribution in [2.24, 2.45) is 0 Å². The Labute approximate surface area is 172 Å². The molecule has 3 aromatic carbocycles. The molecule has 30 heavy (non-hydrogen) atoms. The largest absolute Gasteiger partial charge is 0.489 e. The van der Waals surface area contributed by atoms with Crippen LogP contribution in [0.5, 0.6) is 5.75 Å². The molecule has 5 nitrogen and oxygen atoms in total. The van der Waals surface area contributed by atoms with E-state index in [4.69, 9.17) is 9.15 Å². The number of carbonyl (C=O) groups is 1. The Morgan fingerprint density at radius 1 is 1.03 bits per heavy atom. The number of nitrogens with one attached hydrogen (secondary N) is 1. The van der Waals surface area contributed by atoms with Crippen molar-refractivity contribution in [1.82, 2.24) is 5.32 Å². The molecule has 0 bridgehead atoms. The minimum absolute atomic E-state index is 0.0850. The van der Waals surface area contributed by atoms with Crippen LogP contribution < -0.4 is 10.1 Å². The number of hydrogen-bond donors (Lipinski definition) is 2. The van der Waals surface area contributed by atoms with Gasteiger partial charge in [0.15, 0.2) is 5.76 Å². The van der Waals surface area contributed by atoms with E-state index in [1.807, 2.05) is 48.5 Å². The monoisotopic (exact) mass is 405 g/mol. The minimum atomic E-state index is -1.04. The Balaban J connectivity index is 1.52. The van der Waals surface area contributed by atoms with Gasteiger partial charge in [-0.15, -0.1) is 0 Å². The molecule has 0 aliphatic carbocycles. The van der Waals surface area contributed by atoms with E-state index < -0.39 is 17.8 Å². The zero-order chi connectivity index (χ0) is 20.9. The molecule has 4 rings (SSSR count). The molecule has 0 fully saturated rings. The van der Waals surface area contributed by atoms with E-state index in [-0.39, 0.29) is 18.9 Å². The van der Waals surface area contributed by atoms with Crippen LogP contribution in [0.4, 0.5) is 4.39 Å². The van der Waals surface area contributed by atoms with Crippen LogP contribution >= 0.6 is 0 Å². The molecular formula is C24H20FNO4. The Bertz CT molecular complexity index is 1160. The highest BCUT2D eigenvalue weighted by Gasteiger charge is 2.22. The number of fused-ring (bicyclic) bond motifs is 1. The van der Waals surface area contributed by atoms with Gasteiger partial charge in [0.25, 0.3) is 5.91 Å². The summed E-state index contributed by atoms with van der Waals surface area (Å²) in [5.41, 5.74) is 1.57. The maximum absolute atomic E-state index is 13.4. The lowest BCUT2D eigenvalue weighted by Crippen LogP contribution is -2.29. The van der Waals surface area contributed by atoms with Crippen molar-refractivity contribution >= 4 is 16.9 Å². The fourth-order valence-corrected chi connectivity index (χ4v) is 3.20. The molecule has 1 unspecified atom stereocenters. The molecule has 1 atom stereocenters. The topological polar surface area (TPSA) is 71.7 Å². The average molecular weight is 405 g/mol. The van der Waals surface area contributed by atoms with Crippen LogP contribution in [0.15, 0.2) is 83.3 Å². The van der Waals surface area contributed by atoms with Gasteiger partial charge in [-0.2, -0.15) is 0 Å². The Hall–Kier alpha value is -3.64. The molecule has 152 valence electrons. The standard InChI is InChI=1S/C24H20FNO4/c25-17-8-6-7-16(13-17)21(27)14-26-24(28)23-20(15-29-18-9-2-1-3-10-18)19-11-4-5-12-22(19)30-23/h1-13,21,27H,14-15H2,(H,26,28). The Morgan fingerprint density at radius 2 is 1.80 bits per heavy atom. The van der Waals surface area contributed by atoms with Crippen molar-refractivity contribution in [3.63, 3.8) is 0 Å². The molecule has 1 aromatic heterocycles. The first-order valence-electron chi connectivity index (χ1n) is 9.52. The number of ether oxygens (including phenoxy) is 1. The Morgan fingerprint density at radius 3 is 2.60 bits per heavy atom. The molecule has 4 aromatic rings. The third-order valence-electron chi connectivity index (χ3n) is 4.72. The lowest BCUT2D eigenvalue weighted by atomic mass is 10.1. The second kappa shape index (κ2) is 8.80. The third kappa shape index (κ3) is 4.34. The third-order valence-corrected chi connectivity index (χ3v) is 4.72. The van der Waals surface area contributed by atoms with Gasteiger partial charge in [0.1, 0.15) is 23.8 Å². The van der Waals surface area contributed by atoms with Gasteiger partial charge >= 0.3 is 0 Å². The van der Waals surface area contributed by atoms with E-state index in [0.717, 1.165) is 5.39 Å². The predicted molar refractivity (Wildman–Crippen MR) is 111 cm³/mol. The van der Waals surface area contributed by atoms with E-state index in [9.17, 15) is 14.3 Å². The molecule has 2 N–H and O–H groups in total. The fraction of sp³-hybridized carbons (Fsp3) is 0.125. The van der Waals surface area contributed by atoms with Gasteiger partial charge < -0.3 is 19.6 Å². The van der Waals surface area contributed by atoms with E-state index in [2.05, 4.69) is 5.32 Å². The highest BCUT2D eigenvalue weighted by molar-refractivity contribution is 5.99. The summed E-state index contributed by atoms with van der Waals surface area (Å²) in [6, 6.07) is 22.2. The van der Waals surface area contributed by atoms with Crippen molar-refractivity contribution in [3.8, 4) is 5.75 Å². The van der Waals surface area contributed by atoms with Crippen molar-refractivity contribution in [2.45, 2.75) is 12.7 Å². The molecule has 0 saturated heterocycles. The number of para-hydroxylation sites is 2. The summed E-state index contributed by atoms with van der Waals surface area (Å²) in [5.74, 6) is -0.127. The second-order valence-electron chi connectivity index (χ2n) is 6.79. The molecule has 0 spiro atoms. The van der Waals surface area contributed by atoms with Gasteiger partial charge in [0.05, 0.1) is 6.10 Å². The summed E-state index contributed by atoms with van der Waals surface area (Å²) in [7, 11) is 0. The highest BCUT2D eigenvalue weighted by Crippen LogP contribution is 2.27. The summed E-state index contributed by atoms with van der Waals surface area (Å²) in [6.07, 6.45) is -1.04. The summed E-state index contributed by atoms with van der Waals surface area (Å²) in [6.45, 7) is 0.0640. The number of furan rings is 1. The second-order valence-corrected chi connectivity index (χ2v) is 6.79. The van der Waals surface area contributed by atoms with E-state index in [0.29, 0.717) is 22.5 Å². The first kappa shape index (κ1) is 19.7. The fourth-order valence-electron chi connectivity index (χ4n) is 3.20. The molecular weight excluding hydrogens is 385 g/mol. The number of aliphatic hydroxyl groups is 1. The van der Waals surface area contributed by atoms with Crippen LogP contribution in [-0.4, -0.2) is 17.6 Å². The molecule has 0 aliphatic heterocycles. The minimum Gasteiger partial charge on any atom is -0.489 e. The number of benzene rings is 3. The normalized spacial score (nSPS) is 11.9. The summed E-state index contributed by atoms with van der Waals surface area (Å²) in [5, 5.41) is 13.7. The highest BCUT2D eigenvalue weighted by atomic mass is 19.1. The lowest BCUT2D eigenvalue weighted by Gasteiger charge is -2.12. The molecule has 1 heterocycles. The van der Waals surface area contributed by atoms with E-state index >= 15 is 0 Å². The maximum atomic E-state index is 13.4. The van der Waals surface area contributed by atoms with Crippen LogP contribution in [0.25, 0.3) is 11.0 Å². The van der Waals surface area contributed by atoms with Crippen LogP contribution in [-0.2, 0) is 6.61 Å². The van der Waals surface area contributed by atoms with E-state index in [1.165, 1.54) is 18.2 Å². The zero-order valence-corrected chi connectivity index (χ0v) is 16.0. The summed E-state index contributed by atoms with van der Waals surface area (Å²) >= 11 is 0. The predicted octanol–water partition coefficient (Wildman–Crippen LogP) is 4.61. The first-order valence-corrected chi connectivity index (χ1v) is 9.52. The van der Waals surface area contributed by atoms with Gasteiger partial charge in [-0.1, -0.05) is 48.5 Å². The van der Waals surface area contributed by atoms with Crippen molar-refractivity contribution < 1.29 is 23.4 Å². The number of halogens is 1. The zero-order valence-electron chi connectivity index (χ0n) is 16.0. The quantitative estimate of drug-likeness (QED) is 0.471. The first-order chi connectivity index (χ1) is 14.6. The summed E-state index contributed by atoms with van der Waals surface area (Å²) < 4.78 is 25.0. The maximum Gasteiger partial charge on any atom is 0.287 e. The number of hydrogen-bond acceptors (Lipinski definition) is 4. The molecule has 1 amide bonds. The molecule has 0 aliphatic rings. The number of amides is 1. The number of rotatable bonds is 7. The van der Waals surface area contributed by atoms with Gasteiger partial charge in [-0.3, -0.25) is 4.79 Å². The SMILES string of the molecule is O=C(NCC(O)c1cccc(F)c1)c1oc2ccccc2c1COc1ccccc1.